The van der Waals surface area contributed by atoms with Gasteiger partial charge in [-0.1, -0.05) is 71.4 Å². The van der Waals surface area contributed by atoms with Gasteiger partial charge in [0.1, 0.15) is 0 Å². The maximum atomic E-state index is 13.0. The van der Waals surface area contributed by atoms with Gasteiger partial charge in [0.05, 0.1) is 12.7 Å². The molecular weight excluding hydrogens is 396 g/mol. The second kappa shape index (κ2) is 7.92. The predicted molar refractivity (Wildman–Crippen MR) is 118 cm³/mol. The van der Waals surface area contributed by atoms with Crippen LogP contribution in [0.1, 0.15) is 34.0 Å². The molecule has 6 heteroatoms. The fraction of sp³-hybridized carbons (Fsp3) is 0.208. The topological polar surface area (TPSA) is 51.0 Å². The molecule has 1 amide bonds. The Morgan fingerprint density at radius 3 is 2.80 bits per heavy atom. The first-order chi connectivity index (χ1) is 14.7. The zero-order chi connectivity index (χ0) is 20.5. The number of nitrogens with zero attached hydrogens (tertiary/aromatic N) is 4. The van der Waals surface area contributed by atoms with Crippen molar-refractivity contribution in [2.45, 2.75) is 18.9 Å². The number of hydrogen-bond acceptors (Lipinski definition) is 3. The van der Waals surface area contributed by atoms with Crippen molar-refractivity contribution >= 4 is 28.3 Å². The average Bonchev–Trinajstić information content (AvgIpc) is 3.44. The van der Waals surface area contributed by atoms with Gasteiger partial charge in [-0.05, 0) is 40.5 Å². The van der Waals surface area contributed by atoms with E-state index in [4.69, 9.17) is 11.6 Å². The smallest absolute Gasteiger partial charge is 0.276 e. The SMILES string of the molecule is O=C(c1cn(Cc2cccc3ccccc23)nn1)N1CC[C@@H](c2cccc(Cl)c2)C1. The van der Waals surface area contributed by atoms with Crippen molar-refractivity contribution in [3.63, 3.8) is 0 Å². The Morgan fingerprint density at radius 1 is 1.07 bits per heavy atom. The number of halogens is 1. The van der Waals surface area contributed by atoms with E-state index in [0.29, 0.717) is 31.2 Å². The summed E-state index contributed by atoms with van der Waals surface area (Å²) in [5.74, 6) is 0.238. The summed E-state index contributed by atoms with van der Waals surface area (Å²) in [4.78, 5) is 14.8. The first-order valence-corrected chi connectivity index (χ1v) is 10.5. The van der Waals surface area contributed by atoms with Crippen molar-refractivity contribution in [2.75, 3.05) is 13.1 Å². The summed E-state index contributed by atoms with van der Waals surface area (Å²) in [7, 11) is 0. The Hall–Kier alpha value is -3.18. The quantitative estimate of drug-likeness (QED) is 0.481. The van der Waals surface area contributed by atoms with Crippen LogP contribution in [-0.4, -0.2) is 38.9 Å². The lowest BCUT2D eigenvalue weighted by Crippen LogP contribution is -2.28. The maximum Gasteiger partial charge on any atom is 0.276 e. The van der Waals surface area contributed by atoms with Gasteiger partial charge < -0.3 is 4.90 Å². The third kappa shape index (κ3) is 3.68. The van der Waals surface area contributed by atoms with Crippen LogP contribution >= 0.6 is 11.6 Å². The largest absolute Gasteiger partial charge is 0.337 e. The molecule has 0 saturated carbocycles. The molecule has 5 nitrogen and oxygen atoms in total. The van der Waals surface area contributed by atoms with Crippen LogP contribution in [-0.2, 0) is 6.54 Å². The molecule has 1 saturated heterocycles. The van der Waals surface area contributed by atoms with E-state index in [1.807, 2.05) is 41.3 Å². The molecule has 0 radical (unpaired) electrons. The van der Waals surface area contributed by atoms with Crippen molar-refractivity contribution in [3.05, 3.63) is 94.8 Å². The Bertz CT molecular complexity index is 1210. The summed E-state index contributed by atoms with van der Waals surface area (Å²) in [6, 6.07) is 22.4. The Morgan fingerprint density at radius 2 is 1.90 bits per heavy atom. The molecule has 1 aliphatic rings. The van der Waals surface area contributed by atoms with E-state index in [1.54, 1.807) is 10.9 Å². The molecular formula is C24H21ClN4O. The number of benzene rings is 3. The Kier molecular flexibility index (Phi) is 4.97. The summed E-state index contributed by atoms with van der Waals surface area (Å²) in [5, 5.41) is 11.5. The Labute approximate surface area is 179 Å². The predicted octanol–water partition coefficient (Wildman–Crippen LogP) is 4.76. The molecule has 0 N–H and O–H groups in total. The molecule has 4 aromatic rings. The number of carbonyl (C=O) groups excluding carboxylic acids is 1. The van der Waals surface area contributed by atoms with E-state index in [0.717, 1.165) is 17.0 Å². The highest BCUT2D eigenvalue weighted by Gasteiger charge is 2.29. The standard InChI is InChI=1S/C24H21ClN4O/c25-21-9-4-7-18(13-21)19-11-12-28(14-19)24(30)23-16-29(27-26-23)15-20-8-3-6-17-5-1-2-10-22(17)20/h1-10,13,16,19H,11-12,14-15H2/t19-/m1/s1. The molecule has 2 heterocycles. The monoisotopic (exact) mass is 416 g/mol. The van der Waals surface area contributed by atoms with E-state index >= 15 is 0 Å². The lowest BCUT2D eigenvalue weighted by atomic mass is 9.99. The number of rotatable bonds is 4. The summed E-state index contributed by atoms with van der Waals surface area (Å²) < 4.78 is 1.74. The van der Waals surface area contributed by atoms with Gasteiger partial charge in [0.15, 0.2) is 5.69 Å². The van der Waals surface area contributed by atoms with E-state index in [1.165, 1.54) is 16.3 Å². The van der Waals surface area contributed by atoms with Crippen molar-refractivity contribution < 1.29 is 4.79 Å². The number of fused-ring (bicyclic) bond motifs is 1. The highest BCUT2D eigenvalue weighted by Crippen LogP contribution is 2.29. The number of amides is 1. The van der Waals surface area contributed by atoms with Crippen LogP contribution in [0.3, 0.4) is 0 Å². The van der Waals surface area contributed by atoms with E-state index in [-0.39, 0.29) is 5.91 Å². The Balaban J connectivity index is 1.30. The average molecular weight is 417 g/mol. The fourth-order valence-electron chi connectivity index (χ4n) is 4.22. The van der Waals surface area contributed by atoms with Crippen LogP contribution in [0.4, 0.5) is 0 Å². The van der Waals surface area contributed by atoms with Gasteiger partial charge in [-0.3, -0.25) is 4.79 Å². The first-order valence-electron chi connectivity index (χ1n) is 10.1. The van der Waals surface area contributed by atoms with Gasteiger partial charge in [0, 0.05) is 24.0 Å². The van der Waals surface area contributed by atoms with Gasteiger partial charge in [-0.25, -0.2) is 4.68 Å². The van der Waals surface area contributed by atoms with Crippen molar-refractivity contribution in [3.8, 4) is 0 Å². The lowest BCUT2D eigenvalue weighted by molar-refractivity contribution is 0.0785. The molecule has 1 aromatic heterocycles. The van der Waals surface area contributed by atoms with E-state index in [9.17, 15) is 4.79 Å². The second-order valence-corrected chi connectivity index (χ2v) is 8.17. The summed E-state index contributed by atoms with van der Waals surface area (Å²) in [6.07, 6.45) is 2.67. The van der Waals surface area contributed by atoms with Crippen LogP contribution in [0.25, 0.3) is 10.8 Å². The van der Waals surface area contributed by atoms with Crippen LogP contribution in [0.15, 0.2) is 72.9 Å². The number of carbonyl (C=O) groups is 1. The van der Waals surface area contributed by atoms with Crippen molar-refractivity contribution in [1.29, 1.82) is 0 Å². The highest BCUT2D eigenvalue weighted by atomic mass is 35.5. The molecule has 1 atom stereocenters. The molecule has 150 valence electrons. The number of aromatic nitrogens is 3. The third-order valence-corrected chi connectivity index (χ3v) is 6.00. The van der Waals surface area contributed by atoms with Crippen LogP contribution in [0.5, 0.6) is 0 Å². The first kappa shape index (κ1) is 18.8. The second-order valence-electron chi connectivity index (χ2n) is 7.73. The minimum Gasteiger partial charge on any atom is -0.337 e. The van der Waals surface area contributed by atoms with Crippen molar-refractivity contribution in [2.24, 2.45) is 0 Å². The third-order valence-electron chi connectivity index (χ3n) is 5.77. The van der Waals surface area contributed by atoms with E-state index < -0.39 is 0 Å². The molecule has 5 rings (SSSR count). The molecule has 0 bridgehead atoms. The molecule has 0 spiro atoms. The van der Waals surface area contributed by atoms with Crippen molar-refractivity contribution in [1.82, 2.24) is 19.9 Å². The van der Waals surface area contributed by atoms with Gasteiger partial charge in [0.2, 0.25) is 0 Å². The van der Waals surface area contributed by atoms with Crippen LogP contribution < -0.4 is 0 Å². The number of hydrogen-bond donors (Lipinski definition) is 0. The number of likely N-dealkylation sites (tertiary alicyclic amines) is 1. The van der Waals surface area contributed by atoms with Gasteiger partial charge in [0.25, 0.3) is 5.91 Å². The van der Waals surface area contributed by atoms with Crippen LogP contribution in [0, 0.1) is 0 Å². The maximum absolute atomic E-state index is 13.0. The minimum absolute atomic E-state index is 0.0660. The van der Waals surface area contributed by atoms with Gasteiger partial charge in [-0.2, -0.15) is 0 Å². The summed E-state index contributed by atoms with van der Waals surface area (Å²) >= 11 is 6.12. The minimum atomic E-state index is -0.0660. The molecule has 3 aromatic carbocycles. The molecule has 30 heavy (non-hydrogen) atoms. The van der Waals surface area contributed by atoms with Gasteiger partial charge >= 0.3 is 0 Å². The molecule has 1 aliphatic heterocycles. The van der Waals surface area contributed by atoms with Crippen LogP contribution in [0.2, 0.25) is 5.02 Å². The normalized spacial score (nSPS) is 16.3. The fourth-order valence-corrected chi connectivity index (χ4v) is 4.42. The molecule has 0 unspecified atom stereocenters. The zero-order valence-corrected chi connectivity index (χ0v) is 17.2. The zero-order valence-electron chi connectivity index (χ0n) is 16.4. The lowest BCUT2D eigenvalue weighted by Gasteiger charge is -2.15. The summed E-state index contributed by atoms with van der Waals surface area (Å²) in [5.41, 5.74) is 2.72. The molecule has 1 fully saturated rings. The highest BCUT2D eigenvalue weighted by molar-refractivity contribution is 6.30. The van der Waals surface area contributed by atoms with Gasteiger partial charge in [-0.15, -0.1) is 5.10 Å². The molecule has 0 aliphatic carbocycles. The summed E-state index contributed by atoms with van der Waals surface area (Å²) in [6.45, 7) is 1.97. The van der Waals surface area contributed by atoms with E-state index in [2.05, 4.69) is 40.6 Å².